The zero-order chi connectivity index (χ0) is 18.7. The molecule has 1 aromatic carbocycles. The fourth-order valence-electron chi connectivity index (χ4n) is 3.25. The number of alkyl halides is 2. The average Bonchev–Trinajstić information content (AvgIpc) is 3.36. The molecule has 26 heavy (non-hydrogen) atoms. The number of benzene rings is 1. The van der Waals surface area contributed by atoms with Gasteiger partial charge in [0.15, 0.2) is 11.5 Å². The van der Waals surface area contributed by atoms with Crippen LogP contribution < -0.4 is 9.47 Å². The standard InChI is InChI=1S/C18H23F2NO5/c1-24-18(23)21-8-13(6-14(21)9-22)12-4-5-15(26-17(19)20)16(7-12)25-10-11-2-3-11/h4-5,7,11,13-14,17,22H,2-3,6,8-10H2,1H3/t13?,14-/m0/s1. The van der Waals surface area contributed by atoms with Crippen LogP contribution in [0.2, 0.25) is 0 Å². The van der Waals surface area contributed by atoms with Crippen LogP contribution in [-0.2, 0) is 4.74 Å². The first-order chi connectivity index (χ1) is 12.5. The molecule has 1 heterocycles. The van der Waals surface area contributed by atoms with E-state index in [4.69, 9.17) is 9.47 Å². The van der Waals surface area contributed by atoms with Crippen molar-refractivity contribution in [3.63, 3.8) is 0 Å². The second kappa shape index (κ2) is 8.07. The molecule has 0 radical (unpaired) electrons. The molecule has 2 atom stereocenters. The molecule has 0 aromatic heterocycles. The number of likely N-dealkylation sites (tertiary alicyclic amines) is 1. The lowest BCUT2D eigenvalue weighted by Crippen LogP contribution is -2.37. The van der Waals surface area contributed by atoms with Crippen molar-refractivity contribution in [2.75, 3.05) is 26.9 Å². The first kappa shape index (κ1) is 18.7. The summed E-state index contributed by atoms with van der Waals surface area (Å²) in [6.45, 7) is -2.23. The third kappa shape index (κ3) is 4.35. The molecule has 1 aliphatic carbocycles. The monoisotopic (exact) mass is 371 g/mol. The van der Waals surface area contributed by atoms with E-state index in [1.807, 2.05) is 0 Å². The minimum absolute atomic E-state index is 0.00549. The fourth-order valence-corrected chi connectivity index (χ4v) is 3.25. The lowest BCUT2D eigenvalue weighted by Gasteiger charge is -2.21. The number of methoxy groups -OCH3 is 1. The molecule has 0 bridgehead atoms. The Morgan fingerprint density at radius 1 is 1.35 bits per heavy atom. The van der Waals surface area contributed by atoms with Crippen LogP contribution >= 0.6 is 0 Å². The number of halogens is 2. The van der Waals surface area contributed by atoms with Crippen molar-refractivity contribution in [2.45, 2.75) is 37.8 Å². The number of rotatable bonds is 7. The number of hydrogen-bond acceptors (Lipinski definition) is 5. The number of hydrogen-bond donors (Lipinski definition) is 1. The largest absolute Gasteiger partial charge is 0.489 e. The second-order valence-corrected chi connectivity index (χ2v) is 6.73. The van der Waals surface area contributed by atoms with Crippen LogP contribution in [0.15, 0.2) is 18.2 Å². The number of carbonyl (C=O) groups excluding carboxylic acids is 1. The van der Waals surface area contributed by atoms with Gasteiger partial charge in [-0.2, -0.15) is 8.78 Å². The van der Waals surface area contributed by atoms with Gasteiger partial charge in [0.25, 0.3) is 0 Å². The van der Waals surface area contributed by atoms with E-state index in [1.165, 1.54) is 18.1 Å². The van der Waals surface area contributed by atoms with Crippen LogP contribution in [0, 0.1) is 5.92 Å². The third-order valence-electron chi connectivity index (χ3n) is 4.86. The van der Waals surface area contributed by atoms with Crippen LogP contribution in [0.3, 0.4) is 0 Å². The molecular weight excluding hydrogens is 348 g/mol. The number of amides is 1. The normalized spacial score (nSPS) is 22.6. The zero-order valence-corrected chi connectivity index (χ0v) is 14.6. The summed E-state index contributed by atoms with van der Waals surface area (Å²) in [4.78, 5) is 13.3. The lowest BCUT2D eigenvalue weighted by atomic mass is 9.96. The van der Waals surface area contributed by atoms with Gasteiger partial charge in [0.1, 0.15) is 0 Å². The highest BCUT2D eigenvalue weighted by molar-refractivity contribution is 5.68. The predicted molar refractivity (Wildman–Crippen MR) is 88.6 cm³/mol. The number of nitrogens with zero attached hydrogens (tertiary/aromatic N) is 1. The molecule has 2 aliphatic rings. The van der Waals surface area contributed by atoms with Gasteiger partial charge >= 0.3 is 12.7 Å². The molecule has 1 amide bonds. The maximum absolute atomic E-state index is 12.6. The van der Waals surface area contributed by atoms with Crippen molar-refractivity contribution >= 4 is 6.09 Å². The Morgan fingerprint density at radius 2 is 2.12 bits per heavy atom. The summed E-state index contributed by atoms with van der Waals surface area (Å²) >= 11 is 0. The van der Waals surface area contributed by atoms with Gasteiger partial charge in [-0.3, -0.25) is 0 Å². The van der Waals surface area contributed by atoms with E-state index in [-0.39, 0.29) is 30.1 Å². The quantitative estimate of drug-likeness (QED) is 0.798. The summed E-state index contributed by atoms with van der Waals surface area (Å²) in [5, 5.41) is 9.52. The number of carbonyl (C=O) groups is 1. The maximum atomic E-state index is 12.6. The van der Waals surface area contributed by atoms with E-state index in [1.54, 1.807) is 12.1 Å². The van der Waals surface area contributed by atoms with Gasteiger partial charge in [0.05, 0.1) is 26.4 Å². The SMILES string of the molecule is COC(=O)N1CC(c2ccc(OC(F)F)c(OCC3CC3)c2)C[C@H]1CO. The molecule has 6 nitrogen and oxygen atoms in total. The van der Waals surface area contributed by atoms with E-state index < -0.39 is 12.7 Å². The van der Waals surface area contributed by atoms with E-state index in [0.29, 0.717) is 25.5 Å². The van der Waals surface area contributed by atoms with Crippen LogP contribution in [0.1, 0.15) is 30.7 Å². The van der Waals surface area contributed by atoms with Crippen molar-refractivity contribution in [1.29, 1.82) is 0 Å². The summed E-state index contributed by atoms with van der Waals surface area (Å²) < 4.78 is 40.3. The molecule has 1 aliphatic heterocycles. The molecule has 1 saturated heterocycles. The Hall–Kier alpha value is -2.09. The van der Waals surface area contributed by atoms with Gasteiger partial charge in [-0.15, -0.1) is 0 Å². The van der Waals surface area contributed by atoms with Crippen molar-refractivity contribution in [2.24, 2.45) is 5.92 Å². The van der Waals surface area contributed by atoms with Crippen LogP contribution in [-0.4, -0.2) is 55.6 Å². The molecule has 1 unspecified atom stereocenters. The van der Waals surface area contributed by atoms with Gasteiger partial charge in [-0.25, -0.2) is 4.79 Å². The first-order valence-corrected chi connectivity index (χ1v) is 8.68. The van der Waals surface area contributed by atoms with Crippen molar-refractivity contribution < 1.29 is 32.9 Å². The predicted octanol–water partition coefficient (Wildman–Crippen LogP) is 2.99. The summed E-state index contributed by atoms with van der Waals surface area (Å²) in [6.07, 6.45) is 2.23. The van der Waals surface area contributed by atoms with Crippen molar-refractivity contribution in [3.05, 3.63) is 23.8 Å². The van der Waals surface area contributed by atoms with Gasteiger partial charge in [0.2, 0.25) is 0 Å². The molecule has 1 aromatic rings. The Kier molecular flexibility index (Phi) is 5.80. The Labute approximate surface area is 150 Å². The van der Waals surface area contributed by atoms with Gasteiger partial charge < -0.3 is 24.2 Å². The Morgan fingerprint density at radius 3 is 2.73 bits per heavy atom. The highest BCUT2D eigenvalue weighted by Crippen LogP contribution is 2.38. The van der Waals surface area contributed by atoms with Gasteiger partial charge in [-0.1, -0.05) is 6.07 Å². The maximum Gasteiger partial charge on any atom is 0.409 e. The third-order valence-corrected chi connectivity index (χ3v) is 4.86. The molecule has 0 spiro atoms. The smallest absolute Gasteiger partial charge is 0.409 e. The minimum Gasteiger partial charge on any atom is -0.489 e. The highest BCUT2D eigenvalue weighted by Gasteiger charge is 2.36. The van der Waals surface area contributed by atoms with Crippen molar-refractivity contribution in [1.82, 2.24) is 4.90 Å². The lowest BCUT2D eigenvalue weighted by molar-refractivity contribution is -0.0515. The second-order valence-electron chi connectivity index (χ2n) is 6.73. The fraction of sp³-hybridized carbons (Fsp3) is 0.611. The number of ether oxygens (including phenoxy) is 3. The van der Waals surface area contributed by atoms with E-state index in [9.17, 15) is 18.7 Å². The van der Waals surface area contributed by atoms with Crippen LogP contribution in [0.4, 0.5) is 13.6 Å². The highest BCUT2D eigenvalue weighted by atomic mass is 19.3. The zero-order valence-electron chi connectivity index (χ0n) is 14.6. The van der Waals surface area contributed by atoms with Crippen LogP contribution in [0.25, 0.3) is 0 Å². The molecule has 2 fully saturated rings. The summed E-state index contributed by atoms with van der Waals surface area (Å²) in [7, 11) is 1.30. The number of aliphatic hydroxyl groups excluding tert-OH is 1. The van der Waals surface area contributed by atoms with E-state index in [0.717, 1.165) is 18.4 Å². The van der Waals surface area contributed by atoms with E-state index >= 15 is 0 Å². The Bertz CT molecular complexity index is 638. The van der Waals surface area contributed by atoms with Crippen LogP contribution in [0.5, 0.6) is 11.5 Å². The topological polar surface area (TPSA) is 68.2 Å². The molecular formula is C18H23F2NO5. The van der Waals surface area contributed by atoms with E-state index in [2.05, 4.69) is 4.74 Å². The van der Waals surface area contributed by atoms with Gasteiger partial charge in [-0.05, 0) is 42.9 Å². The Balaban J connectivity index is 1.78. The molecule has 3 rings (SSSR count). The summed E-state index contributed by atoms with van der Waals surface area (Å²) in [5.74, 6) is 0.714. The molecule has 1 saturated carbocycles. The minimum atomic E-state index is -2.93. The molecule has 144 valence electrons. The first-order valence-electron chi connectivity index (χ1n) is 8.68. The summed E-state index contributed by atoms with van der Waals surface area (Å²) in [6, 6.07) is 4.53. The van der Waals surface area contributed by atoms with Crippen molar-refractivity contribution in [3.8, 4) is 11.5 Å². The summed E-state index contributed by atoms with van der Waals surface area (Å²) in [5.41, 5.74) is 0.849. The molecule has 8 heteroatoms. The number of aliphatic hydroxyl groups is 1. The molecule has 1 N–H and O–H groups in total. The average molecular weight is 371 g/mol. The van der Waals surface area contributed by atoms with Gasteiger partial charge in [0, 0.05) is 12.5 Å².